The molecule has 1 amide bonds. The Bertz CT molecular complexity index is 2260. The first-order valence-corrected chi connectivity index (χ1v) is 18.4. The molecule has 50 heavy (non-hydrogen) atoms. The van der Waals surface area contributed by atoms with Gasteiger partial charge in [-0.15, -0.1) is 5.10 Å². The fourth-order valence-corrected chi connectivity index (χ4v) is 8.49. The molecule has 0 radical (unpaired) electrons. The minimum absolute atomic E-state index is 0.149. The molecule has 1 aliphatic heterocycles. The van der Waals surface area contributed by atoms with Crippen molar-refractivity contribution in [1.29, 1.82) is 0 Å². The van der Waals surface area contributed by atoms with Crippen molar-refractivity contribution in [1.82, 2.24) is 29.2 Å². The summed E-state index contributed by atoms with van der Waals surface area (Å²) in [4.78, 5) is 26.0. The maximum atomic E-state index is 14.1. The van der Waals surface area contributed by atoms with E-state index in [1.807, 2.05) is 64.4 Å². The van der Waals surface area contributed by atoms with E-state index in [2.05, 4.69) is 27.8 Å². The fraction of sp³-hybridized carbons (Fsp3) is 0.368. The maximum Gasteiger partial charge on any atom is 0.253 e. The van der Waals surface area contributed by atoms with E-state index in [4.69, 9.17) is 4.74 Å². The van der Waals surface area contributed by atoms with Gasteiger partial charge in [-0.1, -0.05) is 48.5 Å². The molecule has 5 aromatic rings. The molecule has 2 atom stereocenters. The standard InChI is InChI=1S/C38H44N6O5S/c1-8-29-23-43(50(47,48)33-13-11-10-12-32(33)49-29)22-28-20-26(15-14-24(28)3)35(30-17-18-31-36(25(30)4)40-41-44(31)9-2)38(5,6)39-37(46)27-16-19-34(45)42(7)21-27/h10-21,29,35H,8-9,22-23H2,1-7H3,(H,39,46)/t29-,35+/m1/s1. The zero-order valence-corrected chi connectivity index (χ0v) is 30.4. The lowest BCUT2D eigenvalue weighted by molar-refractivity contribution is 0.0905. The SMILES string of the molecule is CC[C@@H]1CN(Cc2cc([C@@H](c3ccc4c(nnn4CC)c3C)C(C)(C)NC(=O)c3ccc(=O)n(C)c3)ccc2C)S(=O)(=O)c2ccccc2O1. The van der Waals surface area contributed by atoms with Crippen LogP contribution in [0.1, 0.15) is 78.2 Å². The summed E-state index contributed by atoms with van der Waals surface area (Å²) in [5.41, 5.74) is 5.57. The smallest absolute Gasteiger partial charge is 0.253 e. The van der Waals surface area contributed by atoms with Gasteiger partial charge in [0.1, 0.15) is 22.3 Å². The molecule has 2 aromatic heterocycles. The van der Waals surface area contributed by atoms with Crippen molar-refractivity contribution in [2.45, 2.75) is 83.5 Å². The minimum Gasteiger partial charge on any atom is -0.488 e. The van der Waals surface area contributed by atoms with Gasteiger partial charge in [-0.05, 0) is 93.1 Å². The summed E-state index contributed by atoms with van der Waals surface area (Å²) in [5, 5.41) is 12.1. The molecule has 3 heterocycles. The average molecular weight is 697 g/mol. The fourth-order valence-electron chi connectivity index (χ4n) is 6.91. The van der Waals surface area contributed by atoms with Gasteiger partial charge in [-0.2, -0.15) is 4.31 Å². The van der Waals surface area contributed by atoms with E-state index in [9.17, 15) is 18.0 Å². The number of aryl methyl sites for hydroxylation is 4. The zero-order chi connectivity index (χ0) is 36.0. The van der Waals surface area contributed by atoms with Gasteiger partial charge in [0.25, 0.3) is 5.91 Å². The van der Waals surface area contributed by atoms with Crippen LogP contribution in [-0.2, 0) is 30.2 Å². The molecule has 11 nitrogen and oxygen atoms in total. The average Bonchev–Trinajstić information content (AvgIpc) is 3.47. The largest absolute Gasteiger partial charge is 0.488 e. The second-order valence-electron chi connectivity index (χ2n) is 13.6. The number of aromatic nitrogens is 4. The molecular weight excluding hydrogens is 653 g/mol. The van der Waals surface area contributed by atoms with Crippen LogP contribution in [0.4, 0.5) is 0 Å². The van der Waals surface area contributed by atoms with Gasteiger partial charge < -0.3 is 14.6 Å². The van der Waals surface area contributed by atoms with E-state index in [1.54, 1.807) is 31.3 Å². The predicted octanol–water partition coefficient (Wildman–Crippen LogP) is 5.47. The van der Waals surface area contributed by atoms with Crippen LogP contribution in [-0.4, -0.2) is 56.4 Å². The highest BCUT2D eigenvalue weighted by Crippen LogP contribution is 2.40. The molecule has 0 bridgehead atoms. The van der Waals surface area contributed by atoms with Gasteiger partial charge in [0.05, 0.1) is 17.6 Å². The number of nitrogens with zero attached hydrogens (tertiary/aromatic N) is 5. The second-order valence-corrected chi connectivity index (χ2v) is 15.5. The number of hydrogen-bond acceptors (Lipinski definition) is 7. The van der Waals surface area contributed by atoms with Crippen molar-refractivity contribution in [3.8, 4) is 5.75 Å². The van der Waals surface area contributed by atoms with E-state index in [1.165, 1.54) is 27.2 Å². The molecular formula is C38H44N6O5S. The van der Waals surface area contributed by atoms with E-state index in [-0.39, 0.29) is 41.5 Å². The first-order valence-electron chi connectivity index (χ1n) is 16.9. The summed E-state index contributed by atoms with van der Waals surface area (Å²) in [6.07, 6.45) is 1.87. The summed E-state index contributed by atoms with van der Waals surface area (Å²) in [6, 6.07) is 19.9. The normalized spacial score (nSPS) is 16.7. The first kappa shape index (κ1) is 35.0. The number of para-hydroxylation sites is 1. The highest BCUT2D eigenvalue weighted by molar-refractivity contribution is 7.89. The molecule has 0 saturated carbocycles. The highest BCUT2D eigenvalue weighted by Gasteiger charge is 2.37. The van der Waals surface area contributed by atoms with Crippen molar-refractivity contribution >= 4 is 27.0 Å². The van der Waals surface area contributed by atoms with Crippen LogP contribution in [0.3, 0.4) is 0 Å². The Labute approximate surface area is 292 Å². The predicted molar refractivity (Wildman–Crippen MR) is 193 cm³/mol. The minimum atomic E-state index is -3.87. The number of fused-ring (bicyclic) bond motifs is 2. The van der Waals surface area contributed by atoms with Gasteiger partial charge in [0, 0.05) is 43.9 Å². The Morgan fingerprint density at radius 2 is 1.82 bits per heavy atom. The number of amides is 1. The molecule has 0 fully saturated rings. The van der Waals surface area contributed by atoms with Crippen molar-refractivity contribution in [3.05, 3.63) is 117 Å². The van der Waals surface area contributed by atoms with Crippen LogP contribution in [0.2, 0.25) is 0 Å². The molecule has 12 heteroatoms. The lowest BCUT2D eigenvalue weighted by atomic mass is 9.74. The van der Waals surface area contributed by atoms with Crippen LogP contribution in [0.15, 0.2) is 82.6 Å². The number of hydrogen-bond donors (Lipinski definition) is 1. The quantitative estimate of drug-likeness (QED) is 0.217. The topological polar surface area (TPSA) is 128 Å². The molecule has 0 spiro atoms. The van der Waals surface area contributed by atoms with Crippen molar-refractivity contribution in [2.24, 2.45) is 7.05 Å². The number of carbonyl (C=O) groups is 1. The molecule has 0 saturated heterocycles. The summed E-state index contributed by atoms with van der Waals surface area (Å²) >= 11 is 0. The molecule has 0 aliphatic carbocycles. The van der Waals surface area contributed by atoms with Gasteiger partial charge in [-0.3, -0.25) is 9.59 Å². The monoisotopic (exact) mass is 696 g/mol. The Morgan fingerprint density at radius 3 is 2.54 bits per heavy atom. The van der Waals surface area contributed by atoms with Crippen LogP contribution >= 0.6 is 0 Å². The lowest BCUT2D eigenvalue weighted by Gasteiger charge is -2.37. The van der Waals surface area contributed by atoms with E-state index in [0.717, 1.165) is 38.9 Å². The summed E-state index contributed by atoms with van der Waals surface area (Å²) in [6.45, 7) is 13.0. The highest BCUT2D eigenvalue weighted by atomic mass is 32.2. The number of sulfonamides is 1. The van der Waals surface area contributed by atoms with Gasteiger partial charge in [-0.25, -0.2) is 13.1 Å². The number of carbonyl (C=O) groups excluding carboxylic acids is 1. The molecule has 0 unspecified atom stereocenters. The number of nitrogens with one attached hydrogen (secondary N) is 1. The van der Waals surface area contributed by atoms with E-state index in [0.29, 0.717) is 24.3 Å². The Hall–Kier alpha value is -4.81. The Balaban J connectivity index is 1.45. The van der Waals surface area contributed by atoms with Crippen molar-refractivity contribution < 1.29 is 17.9 Å². The van der Waals surface area contributed by atoms with Crippen LogP contribution in [0.5, 0.6) is 5.75 Å². The van der Waals surface area contributed by atoms with E-state index < -0.39 is 15.6 Å². The van der Waals surface area contributed by atoms with Gasteiger partial charge in [0.2, 0.25) is 15.6 Å². The maximum absolute atomic E-state index is 14.1. The number of rotatable bonds is 9. The van der Waals surface area contributed by atoms with Gasteiger partial charge >= 0.3 is 0 Å². The second kappa shape index (κ2) is 13.5. The zero-order valence-electron chi connectivity index (χ0n) is 29.6. The third kappa shape index (κ3) is 6.45. The van der Waals surface area contributed by atoms with Crippen LogP contribution in [0, 0.1) is 13.8 Å². The number of benzene rings is 3. The van der Waals surface area contributed by atoms with Crippen molar-refractivity contribution in [2.75, 3.05) is 6.54 Å². The van der Waals surface area contributed by atoms with Gasteiger partial charge in [0.15, 0.2) is 0 Å². The third-order valence-corrected chi connectivity index (χ3v) is 11.6. The molecule has 1 aliphatic rings. The van der Waals surface area contributed by atoms with Crippen LogP contribution in [0.25, 0.3) is 11.0 Å². The molecule has 3 aromatic carbocycles. The molecule has 6 rings (SSSR count). The summed E-state index contributed by atoms with van der Waals surface area (Å²) in [5.74, 6) is -0.338. The lowest BCUT2D eigenvalue weighted by Crippen LogP contribution is -2.48. The summed E-state index contributed by atoms with van der Waals surface area (Å²) < 4.78 is 39.0. The first-order chi connectivity index (χ1) is 23.7. The third-order valence-electron chi connectivity index (χ3n) is 9.77. The Kier molecular flexibility index (Phi) is 9.45. The molecule has 1 N–H and O–H groups in total. The van der Waals surface area contributed by atoms with Crippen LogP contribution < -0.4 is 15.6 Å². The molecule has 262 valence electrons. The number of ether oxygens (including phenoxy) is 1. The van der Waals surface area contributed by atoms with E-state index >= 15 is 0 Å². The summed E-state index contributed by atoms with van der Waals surface area (Å²) in [7, 11) is -2.25. The van der Waals surface area contributed by atoms with Crippen molar-refractivity contribution in [3.63, 3.8) is 0 Å². The number of pyridine rings is 1. The Morgan fingerprint density at radius 1 is 1.06 bits per heavy atom.